The summed E-state index contributed by atoms with van der Waals surface area (Å²) in [5.74, 6) is 0.401. The third-order valence-electron chi connectivity index (χ3n) is 5.34. The number of carbonyl (C=O) groups excluding carboxylic acids is 1. The summed E-state index contributed by atoms with van der Waals surface area (Å²) in [5, 5.41) is 10.7. The number of likely N-dealkylation sites (tertiary alicyclic amines) is 1. The average Bonchev–Trinajstić information content (AvgIpc) is 2.53. The minimum absolute atomic E-state index is 0.139. The summed E-state index contributed by atoms with van der Waals surface area (Å²) in [6.45, 7) is 3.49. The highest BCUT2D eigenvalue weighted by atomic mass is 16.3. The van der Waals surface area contributed by atoms with Crippen LogP contribution in [0.2, 0.25) is 0 Å². The smallest absolute Gasteiger partial charge is 0.254 e. The second-order valence-corrected chi connectivity index (χ2v) is 6.56. The van der Waals surface area contributed by atoms with Crippen molar-refractivity contribution in [1.29, 1.82) is 0 Å². The minimum Gasteiger partial charge on any atom is -0.389 e. The molecular formula is C18H25NO2. The second-order valence-electron chi connectivity index (χ2n) is 6.56. The maximum absolute atomic E-state index is 12.8. The summed E-state index contributed by atoms with van der Waals surface area (Å²) < 4.78 is 0. The maximum Gasteiger partial charge on any atom is 0.254 e. The van der Waals surface area contributed by atoms with E-state index >= 15 is 0 Å². The fourth-order valence-electron chi connectivity index (χ4n) is 3.96. The summed E-state index contributed by atoms with van der Waals surface area (Å²) in [6, 6.07) is 7.90. The van der Waals surface area contributed by atoms with Crippen LogP contribution < -0.4 is 0 Å². The van der Waals surface area contributed by atoms with Gasteiger partial charge in [-0.3, -0.25) is 4.79 Å². The molecule has 1 amide bonds. The molecule has 21 heavy (non-hydrogen) atoms. The van der Waals surface area contributed by atoms with Crippen molar-refractivity contribution < 1.29 is 9.90 Å². The molecule has 0 bridgehead atoms. The Morgan fingerprint density at radius 1 is 1.33 bits per heavy atom. The van der Waals surface area contributed by atoms with Crippen molar-refractivity contribution in [3.05, 3.63) is 35.4 Å². The van der Waals surface area contributed by atoms with Gasteiger partial charge in [-0.1, -0.05) is 38.0 Å². The van der Waals surface area contributed by atoms with Crippen molar-refractivity contribution in [2.45, 2.75) is 51.0 Å². The van der Waals surface area contributed by atoms with Crippen molar-refractivity contribution in [3.8, 4) is 0 Å². The molecule has 2 fully saturated rings. The van der Waals surface area contributed by atoms with Crippen molar-refractivity contribution in [2.24, 2.45) is 5.92 Å². The first-order valence-electron chi connectivity index (χ1n) is 8.23. The number of amides is 1. The van der Waals surface area contributed by atoms with Crippen molar-refractivity contribution >= 4 is 5.91 Å². The molecule has 3 rings (SSSR count). The lowest BCUT2D eigenvalue weighted by Crippen LogP contribution is -2.54. The number of carbonyl (C=O) groups is 1. The maximum atomic E-state index is 12.8. The van der Waals surface area contributed by atoms with E-state index in [4.69, 9.17) is 0 Å². The highest BCUT2D eigenvalue weighted by molar-refractivity contribution is 5.95. The van der Waals surface area contributed by atoms with E-state index < -0.39 is 5.60 Å². The van der Waals surface area contributed by atoms with E-state index in [0.717, 1.165) is 43.2 Å². The molecule has 1 heterocycles. The quantitative estimate of drug-likeness (QED) is 0.908. The second kappa shape index (κ2) is 5.80. The number of rotatable bonds is 2. The van der Waals surface area contributed by atoms with E-state index in [-0.39, 0.29) is 11.8 Å². The van der Waals surface area contributed by atoms with Gasteiger partial charge in [0.15, 0.2) is 0 Å². The third kappa shape index (κ3) is 2.71. The molecule has 1 aromatic carbocycles. The summed E-state index contributed by atoms with van der Waals surface area (Å²) in [4.78, 5) is 14.8. The number of aryl methyl sites for hydroxylation is 1. The lowest BCUT2D eigenvalue weighted by atomic mass is 9.71. The predicted octanol–water partition coefficient (Wildman–Crippen LogP) is 3.02. The van der Waals surface area contributed by atoms with Gasteiger partial charge >= 0.3 is 0 Å². The first kappa shape index (κ1) is 14.6. The predicted molar refractivity (Wildman–Crippen MR) is 83.2 cm³/mol. The number of fused-ring (bicyclic) bond motifs is 1. The van der Waals surface area contributed by atoms with Gasteiger partial charge in [0, 0.05) is 24.6 Å². The Morgan fingerprint density at radius 2 is 2.14 bits per heavy atom. The van der Waals surface area contributed by atoms with E-state index in [2.05, 4.69) is 6.92 Å². The SMILES string of the molecule is CCc1ccccc1C(=O)N1CCC2(O)CCCCC2C1. The average molecular weight is 287 g/mol. The molecule has 3 heteroatoms. The van der Waals surface area contributed by atoms with Gasteiger partial charge in [0.25, 0.3) is 5.91 Å². The molecule has 0 aromatic heterocycles. The van der Waals surface area contributed by atoms with Crippen LogP contribution in [-0.4, -0.2) is 34.6 Å². The van der Waals surface area contributed by atoms with Crippen LogP contribution in [-0.2, 0) is 6.42 Å². The minimum atomic E-state index is -0.515. The molecule has 0 radical (unpaired) electrons. The van der Waals surface area contributed by atoms with E-state index in [9.17, 15) is 9.90 Å². The van der Waals surface area contributed by atoms with Crippen LogP contribution in [0.1, 0.15) is 54.9 Å². The number of piperidine rings is 1. The Morgan fingerprint density at radius 3 is 2.95 bits per heavy atom. The van der Waals surface area contributed by atoms with Crippen LogP contribution in [0.4, 0.5) is 0 Å². The lowest BCUT2D eigenvalue weighted by Gasteiger charge is -2.47. The van der Waals surface area contributed by atoms with Gasteiger partial charge in [0.2, 0.25) is 0 Å². The van der Waals surface area contributed by atoms with E-state index in [0.29, 0.717) is 13.1 Å². The standard InChI is InChI=1S/C18H25NO2/c1-2-14-7-3-4-9-16(14)17(20)19-12-11-18(21)10-6-5-8-15(18)13-19/h3-4,7,9,15,21H,2,5-6,8,10-13H2,1H3. The molecule has 1 saturated carbocycles. The zero-order valence-electron chi connectivity index (χ0n) is 12.8. The lowest BCUT2D eigenvalue weighted by molar-refractivity contribution is -0.0886. The Labute approximate surface area is 127 Å². The Kier molecular flexibility index (Phi) is 4.03. The first-order valence-corrected chi connectivity index (χ1v) is 8.23. The molecule has 1 aliphatic heterocycles. The number of hydrogen-bond acceptors (Lipinski definition) is 2. The van der Waals surface area contributed by atoms with Gasteiger partial charge in [0.05, 0.1) is 5.60 Å². The molecule has 0 spiro atoms. The van der Waals surface area contributed by atoms with Crippen LogP contribution in [0.15, 0.2) is 24.3 Å². The number of hydrogen-bond donors (Lipinski definition) is 1. The first-order chi connectivity index (χ1) is 10.1. The van der Waals surface area contributed by atoms with Gasteiger partial charge in [-0.25, -0.2) is 0 Å². The number of aliphatic hydroxyl groups is 1. The van der Waals surface area contributed by atoms with Crippen molar-refractivity contribution in [1.82, 2.24) is 4.90 Å². The molecule has 1 aromatic rings. The van der Waals surface area contributed by atoms with Gasteiger partial charge in [-0.05, 0) is 37.3 Å². The van der Waals surface area contributed by atoms with E-state index in [1.165, 1.54) is 6.42 Å². The highest BCUT2D eigenvalue weighted by Crippen LogP contribution is 2.40. The van der Waals surface area contributed by atoms with Crippen LogP contribution in [0.5, 0.6) is 0 Å². The Hall–Kier alpha value is -1.35. The van der Waals surface area contributed by atoms with Gasteiger partial charge < -0.3 is 10.0 Å². The molecular weight excluding hydrogens is 262 g/mol. The van der Waals surface area contributed by atoms with Gasteiger partial charge in [0.1, 0.15) is 0 Å². The molecule has 1 N–H and O–H groups in total. The van der Waals surface area contributed by atoms with Crippen LogP contribution in [0.25, 0.3) is 0 Å². The summed E-state index contributed by atoms with van der Waals surface area (Å²) in [7, 11) is 0. The largest absolute Gasteiger partial charge is 0.389 e. The van der Waals surface area contributed by atoms with Crippen LogP contribution >= 0.6 is 0 Å². The fraction of sp³-hybridized carbons (Fsp3) is 0.611. The number of nitrogens with zero attached hydrogens (tertiary/aromatic N) is 1. The monoisotopic (exact) mass is 287 g/mol. The zero-order valence-corrected chi connectivity index (χ0v) is 12.8. The van der Waals surface area contributed by atoms with E-state index in [1.807, 2.05) is 29.2 Å². The molecule has 2 atom stereocenters. The molecule has 2 unspecified atom stereocenters. The summed E-state index contributed by atoms with van der Waals surface area (Å²) in [6.07, 6.45) is 5.88. The topological polar surface area (TPSA) is 40.5 Å². The summed E-state index contributed by atoms with van der Waals surface area (Å²) in [5.41, 5.74) is 1.44. The van der Waals surface area contributed by atoms with Crippen molar-refractivity contribution in [3.63, 3.8) is 0 Å². The molecule has 1 aliphatic carbocycles. The number of benzene rings is 1. The molecule has 2 aliphatic rings. The molecule has 3 nitrogen and oxygen atoms in total. The fourth-order valence-corrected chi connectivity index (χ4v) is 3.96. The molecule has 1 saturated heterocycles. The van der Waals surface area contributed by atoms with Crippen LogP contribution in [0.3, 0.4) is 0 Å². The highest BCUT2D eigenvalue weighted by Gasteiger charge is 2.43. The summed E-state index contributed by atoms with van der Waals surface area (Å²) >= 11 is 0. The van der Waals surface area contributed by atoms with Gasteiger partial charge in [-0.15, -0.1) is 0 Å². The Bertz CT molecular complexity index is 528. The Balaban J connectivity index is 1.77. The molecule has 114 valence electrons. The zero-order chi connectivity index (χ0) is 14.9. The van der Waals surface area contributed by atoms with Gasteiger partial charge in [-0.2, -0.15) is 0 Å². The normalized spacial score (nSPS) is 29.0. The van der Waals surface area contributed by atoms with E-state index in [1.54, 1.807) is 0 Å². The van der Waals surface area contributed by atoms with Crippen molar-refractivity contribution in [2.75, 3.05) is 13.1 Å². The van der Waals surface area contributed by atoms with Crippen LogP contribution in [0, 0.1) is 5.92 Å². The third-order valence-corrected chi connectivity index (χ3v) is 5.34.